The molecule has 0 unspecified atom stereocenters. The second kappa shape index (κ2) is 8.96. The molecule has 0 spiro atoms. The first kappa shape index (κ1) is 21.6. The number of hydrogen-bond donors (Lipinski definition) is 2. The number of thiophene rings is 1. The summed E-state index contributed by atoms with van der Waals surface area (Å²) in [4.78, 5) is 41.4. The molecule has 0 radical (unpaired) electrons. The molecular weight excluding hydrogens is 440 g/mol. The molecule has 2 saturated heterocycles. The van der Waals surface area contributed by atoms with E-state index in [-0.39, 0.29) is 42.5 Å². The Labute approximate surface area is 195 Å². The van der Waals surface area contributed by atoms with Crippen LogP contribution in [0, 0.1) is 0 Å². The number of rotatable bonds is 5. The van der Waals surface area contributed by atoms with Gasteiger partial charge in [-0.05, 0) is 48.1 Å². The second-order valence-corrected chi connectivity index (χ2v) is 9.56. The first-order chi connectivity index (χ1) is 16.0. The van der Waals surface area contributed by atoms with E-state index in [1.165, 1.54) is 11.3 Å². The number of aromatic hydroxyl groups is 1. The predicted molar refractivity (Wildman–Crippen MR) is 124 cm³/mol. The molecule has 5 rings (SSSR count). The first-order valence-corrected chi connectivity index (χ1v) is 11.8. The van der Waals surface area contributed by atoms with E-state index in [9.17, 15) is 19.5 Å². The van der Waals surface area contributed by atoms with Crippen LogP contribution in [0.15, 0.2) is 54.6 Å². The van der Waals surface area contributed by atoms with Gasteiger partial charge in [-0.15, -0.1) is 11.3 Å². The van der Waals surface area contributed by atoms with Crippen molar-refractivity contribution in [3.63, 3.8) is 0 Å². The summed E-state index contributed by atoms with van der Waals surface area (Å²) in [5.41, 5.74) is 0.797. The summed E-state index contributed by atoms with van der Waals surface area (Å²) >= 11 is 1.37. The van der Waals surface area contributed by atoms with E-state index >= 15 is 0 Å². The van der Waals surface area contributed by atoms with Gasteiger partial charge in [-0.25, -0.2) is 0 Å². The fourth-order valence-corrected chi connectivity index (χ4v) is 5.59. The minimum atomic E-state index is -0.848. The number of amides is 2. The molecule has 2 fully saturated rings. The minimum Gasteiger partial charge on any atom is -0.508 e. The number of hydrogen-bond acceptors (Lipinski definition) is 6. The molecule has 2 aliphatic heterocycles. The molecule has 8 heteroatoms. The molecule has 0 aliphatic carbocycles. The number of nitrogens with zero attached hydrogens (tertiary/aromatic N) is 1. The minimum absolute atomic E-state index is 0.0237. The lowest BCUT2D eigenvalue weighted by Gasteiger charge is -2.37. The highest BCUT2D eigenvalue weighted by atomic mass is 32.1. The van der Waals surface area contributed by atoms with Crippen LogP contribution in [0.1, 0.15) is 28.1 Å². The maximum Gasteiger partial charge on any atom is 0.262 e. The van der Waals surface area contributed by atoms with Crippen LogP contribution in [-0.2, 0) is 20.7 Å². The Bertz CT molecular complexity index is 1170. The molecule has 3 aromatic rings. The number of nitrogens with one attached hydrogen (secondary N) is 1. The van der Waals surface area contributed by atoms with Gasteiger partial charge in [0, 0.05) is 17.7 Å². The number of fused-ring (bicyclic) bond motifs is 2. The fourth-order valence-electron chi connectivity index (χ4n) is 4.63. The summed E-state index contributed by atoms with van der Waals surface area (Å²) in [5.74, 6) is -0.572. The van der Waals surface area contributed by atoms with Crippen LogP contribution >= 0.6 is 11.3 Å². The summed E-state index contributed by atoms with van der Waals surface area (Å²) in [6.45, 7) is 0.482. The number of carbonyl (C=O) groups is 3. The van der Waals surface area contributed by atoms with Gasteiger partial charge in [0.05, 0.1) is 11.0 Å². The SMILES string of the molecule is O=C(N[C@@H](Cc1ccc(O)cc1)C(=O)N1CCC[C@H]2OCC(=O)[C@H]21)c1cc2ccccc2s1. The van der Waals surface area contributed by atoms with Gasteiger partial charge >= 0.3 is 0 Å². The van der Waals surface area contributed by atoms with Crippen LogP contribution in [0.4, 0.5) is 0 Å². The average molecular weight is 465 g/mol. The van der Waals surface area contributed by atoms with Crippen molar-refractivity contribution in [2.24, 2.45) is 0 Å². The van der Waals surface area contributed by atoms with E-state index in [0.29, 0.717) is 11.4 Å². The first-order valence-electron chi connectivity index (χ1n) is 11.0. The highest BCUT2D eigenvalue weighted by molar-refractivity contribution is 7.20. The molecular formula is C25H24N2O5S. The van der Waals surface area contributed by atoms with Gasteiger partial charge in [-0.2, -0.15) is 0 Å². The molecule has 170 valence electrons. The molecule has 3 atom stereocenters. The standard InChI is InChI=1S/C25H24N2O5S/c28-17-9-7-15(8-10-17)12-18(25(31)27-11-3-5-20-23(27)19(29)14-32-20)26-24(30)22-13-16-4-1-2-6-21(16)33-22/h1-2,4,6-10,13,18,20,23,28H,3,5,11-12,14H2,(H,26,30)/t18-,20+,23+/m0/s1. The zero-order valence-electron chi connectivity index (χ0n) is 17.9. The average Bonchev–Trinajstić information content (AvgIpc) is 3.43. The largest absolute Gasteiger partial charge is 0.508 e. The number of benzene rings is 2. The van der Waals surface area contributed by atoms with Gasteiger partial charge in [0.25, 0.3) is 5.91 Å². The van der Waals surface area contributed by atoms with Crippen molar-refractivity contribution >= 4 is 39.0 Å². The van der Waals surface area contributed by atoms with Gasteiger partial charge in [0.2, 0.25) is 5.91 Å². The molecule has 3 heterocycles. The van der Waals surface area contributed by atoms with E-state index in [2.05, 4.69) is 5.32 Å². The summed E-state index contributed by atoms with van der Waals surface area (Å²) in [5, 5.41) is 13.5. The smallest absolute Gasteiger partial charge is 0.262 e. The number of phenolic OH excluding ortho intramolecular Hbond substituents is 1. The molecule has 2 N–H and O–H groups in total. The number of carbonyl (C=O) groups excluding carboxylic acids is 3. The molecule has 2 amide bonds. The van der Waals surface area contributed by atoms with Crippen LogP contribution in [-0.4, -0.2) is 58.9 Å². The number of likely N-dealkylation sites (tertiary alicyclic amines) is 1. The Morgan fingerprint density at radius 2 is 1.97 bits per heavy atom. The van der Waals surface area contributed by atoms with E-state index in [4.69, 9.17) is 4.74 Å². The van der Waals surface area contributed by atoms with Gasteiger partial charge in [-0.1, -0.05) is 30.3 Å². The molecule has 7 nitrogen and oxygen atoms in total. The summed E-state index contributed by atoms with van der Waals surface area (Å²) in [7, 11) is 0. The molecule has 2 aromatic carbocycles. The van der Waals surface area contributed by atoms with Crippen LogP contribution in [0.3, 0.4) is 0 Å². The van der Waals surface area contributed by atoms with E-state index in [0.717, 1.165) is 28.5 Å². The number of ether oxygens (including phenoxy) is 1. The molecule has 33 heavy (non-hydrogen) atoms. The third kappa shape index (κ3) is 4.36. The van der Waals surface area contributed by atoms with E-state index in [1.807, 2.05) is 30.3 Å². The Morgan fingerprint density at radius 1 is 1.18 bits per heavy atom. The maximum absolute atomic E-state index is 13.7. The van der Waals surface area contributed by atoms with Gasteiger partial charge in [0.15, 0.2) is 5.78 Å². The molecule has 0 saturated carbocycles. The maximum atomic E-state index is 13.7. The Morgan fingerprint density at radius 3 is 2.76 bits per heavy atom. The fraction of sp³-hybridized carbons (Fsp3) is 0.320. The summed E-state index contributed by atoms with van der Waals surface area (Å²) in [6, 6.07) is 14.7. The predicted octanol–water partition coefficient (Wildman–Crippen LogP) is 2.91. The Hall–Kier alpha value is -3.23. The number of ketones is 1. The lowest BCUT2D eigenvalue weighted by molar-refractivity contribution is -0.142. The Kier molecular flexibility index (Phi) is 5.86. The number of piperidine rings is 1. The zero-order chi connectivity index (χ0) is 22.9. The van der Waals surface area contributed by atoms with Crippen molar-refractivity contribution in [1.29, 1.82) is 0 Å². The van der Waals surface area contributed by atoms with Gasteiger partial charge < -0.3 is 20.1 Å². The van der Waals surface area contributed by atoms with Crippen LogP contribution in [0.5, 0.6) is 5.75 Å². The van der Waals surface area contributed by atoms with Crippen molar-refractivity contribution in [3.8, 4) is 5.75 Å². The lowest BCUT2D eigenvalue weighted by Crippen LogP contribution is -2.58. The summed E-state index contributed by atoms with van der Waals surface area (Å²) < 4.78 is 6.58. The third-order valence-corrected chi connectivity index (χ3v) is 7.37. The van der Waals surface area contributed by atoms with Gasteiger partial charge in [-0.3, -0.25) is 14.4 Å². The van der Waals surface area contributed by atoms with Crippen LogP contribution in [0.2, 0.25) is 0 Å². The van der Waals surface area contributed by atoms with Gasteiger partial charge in [0.1, 0.15) is 24.4 Å². The van der Waals surface area contributed by atoms with Crippen LogP contribution in [0.25, 0.3) is 10.1 Å². The lowest BCUT2D eigenvalue weighted by atomic mass is 9.95. The normalized spacial score (nSPS) is 21.1. The van der Waals surface area contributed by atoms with E-state index in [1.54, 1.807) is 29.2 Å². The van der Waals surface area contributed by atoms with Crippen molar-refractivity contribution in [1.82, 2.24) is 10.2 Å². The van der Waals surface area contributed by atoms with Crippen molar-refractivity contribution in [2.75, 3.05) is 13.2 Å². The van der Waals surface area contributed by atoms with Crippen molar-refractivity contribution < 1.29 is 24.2 Å². The highest BCUT2D eigenvalue weighted by Gasteiger charge is 2.45. The van der Waals surface area contributed by atoms with Crippen LogP contribution < -0.4 is 5.32 Å². The molecule has 2 aliphatic rings. The van der Waals surface area contributed by atoms with Crippen molar-refractivity contribution in [2.45, 2.75) is 37.5 Å². The number of Topliss-reactive ketones (excluding diaryl/α,β-unsaturated/α-hetero) is 1. The second-order valence-electron chi connectivity index (χ2n) is 8.48. The number of phenols is 1. The summed E-state index contributed by atoms with van der Waals surface area (Å²) in [6.07, 6.45) is 1.47. The highest BCUT2D eigenvalue weighted by Crippen LogP contribution is 2.28. The van der Waals surface area contributed by atoms with Crippen molar-refractivity contribution in [3.05, 3.63) is 65.0 Å². The van der Waals surface area contributed by atoms with E-state index < -0.39 is 12.1 Å². The topological polar surface area (TPSA) is 95.9 Å². The molecule has 1 aromatic heterocycles. The molecule has 0 bridgehead atoms. The Balaban J connectivity index is 1.42. The quantitative estimate of drug-likeness (QED) is 0.605. The zero-order valence-corrected chi connectivity index (χ0v) is 18.7. The third-order valence-electron chi connectivity index (χ3n) is 6.26. The monoisotopic (exact) mass is 464 g/mol.